The van der Waals surface area contributed by atoms with E-state index < -0.39 is 0 Å². The molecule has 0 atom stereocenters. The molecule has 0 aromatic carbocycles. The van der Waals surface area contributed by atoms with Crippen LogP contribution in [0.15, 0.2) is 0 Å². The molecular formula is C4H7CuN3O. The third-order valence-corrected chi connectivity index (χ3v) is 1.02. The molecule has 0 aromatic heterocycles. The van der Waals surface area contributed by atoms with E-state index in [0.717, 1.165) is 0 Å². The normalized spacial score (nSPS) is 17.2. The zero-order chi connectivity index (χ0) is 6.15. The summed E-state index contributed by atoms with van der Waals surface area (Å²) >= 11 is 0. The van der Waals surface area contributed by atoms with Crippen LogP contribution >= 0.6 is 0 Å². The number of guanidine groups is 1. The Labute approximate surface area is 63.6 Å². The SMILES string of the molecule is CN1CC(=O)NC1=N.[Cu]. The van der Waals surface area contributed by atoms with Gasteiger partial charge >= 0.3 is 0 Å². The Morgan fingerprint density at radius 3 is 2.44 bits per heavy atom. The molecule has 2 N–H and O–H groups in total. The molecule has 0 spiro atoms. The van der Waals surface area contributed by atoms with E-state index in [4.69, 9.17) is 5.41 Å². The van der Waals surface area contributed by atoms with E-state index in [9.17, 15) is 4.79 Å². The second kappa shape index (κ2) is 2.85. The topological polar surface area (TPSA) is 56.2 Å². The van der Waals surface area contributed by atoms with Gasteiger partial charge in [-0.05, 0) is 0 Å². The van der Waals surface area contributed by atoms with Gasteiger partial charge in [0.15, 0.2) is 5.96 Å². The van der Waals surface area contributed by atoms with Gasteiger partial charge < -0.3 is 4.90 Å². The Kier molecular flexibility index (Phi) is 2.67. The first-order valence-corrected chi connectivity index (χ1v) is 2.29. The molecule has 1 heterocycles. The Balaban J connectivity index is 0.000000640. The van der Waals surface area contributed by atoms with Crippen LogP contribution < -0.4 is 5.32 Å². The molecule has 0 aromatic rings. The first-order valence-electron chi connectivity index (χ1n) is 2.29. The Morgan fingerprint density at radius 2 is 2.33 bits per heavy atom. The van der Waals surface area contributed by atoms with Crippen molar-refractivity contribution in [2.75, 3.05) is 13.6 Å². The first-order chi connectivity index (χ1) is 3.70. The van der Waals surface area contributed by atoms with Crippen molar-refractivity contribution >= 4 is 11.9 Å². The van der Waals surface area contributed by atoms with Gasteiger partial charge in [0.2, 0.25) is 5.91 Å². The Hall–Kier alpha value is -0.541. The molecule has 55 valence electrons. The fourth-order valence-electron chi connectivity index (χ4n) is 0.561. The molecule has 9 heavy (non-hydrogen) atoms. The van der Waals surface area contributed by atoms with Crippen LogP contribution in [0, 0.1) is 5.41 Å². The number of likely N-dealkylation sites (N-methyl/N-ethyl adjacent to an activating group) is 1. The van der Waals surface area contributed by atoms with Crippen LogP contribution in [0.2, 0.25) is 0 Å². The number of carbonyl (C=O) groups is 1. The van der Waals surface area contributed by atoms with Gasteiger partial charge in [-0.2, -0.15) is 0 Å². The Morgan fingerprint density at radius 1 is 1.78 bits per heavy atom. The molecule has 1 aliphatic heterocycles. The number of nitrogens with zero attached hydrogens (tertiary/aromatic N) is 1. The van der Waals surface area contributed by atoms with E-state index in [0.29, 0.717) is 6.54 Å². The summed E-state index contributed by atoms with van der Waals surface area (Å²) in [7, 11) is 1.69. The molecule has 5 heteroatoms. The van der Waals surface area contributed by atoms with E-state index >= 15 is 0 Å². The number of hydrogen-bond acceptors (Lipinski definition) is 2. The summed E-state index contributed by atoms with van der Waals surface area (Å²) < 4.78 is 0. The maximum Gasteiger partial charge on any atom is 0.246 e. The van der Waals surface area contributed by atoms with Crippen LogP contribution in [0.5, 0.6) is 0 Å². The zero-order valence-corrected chi connectivity index (χ0v) is 5.81. The minimum atomic E-state index is -0.0995. The standard InChI is InChI=1S/C4H7N3O.Cu/c1-7-2-3(8)6-4(7)5;/h2H2,1H3,(H2,5,6,8);. The molecule has 1 fully saturated rings. The van der Waals surface area contributed by atoms with Crippen molar-refractivity contribution in [2.24, 2.45) is 0 Å². The van der Waals surface area contributed by atoms with Crippen molar-refractivity contribution in [3.8, 4) is 0 Å². The van der Waals surface area contributed by atoms with Gasteiger partial charge in [-0.1, -0.05) is 0 Å². The number of rotatable bonds is 0. The van der Waals surface area contributed by atoms with E-state index in [1.165, 1.54) is 0 Å². The minimum Gasteiger partial charge on any atom is -0.337 e. The van der Waals surface area contributed by atoms with Crippen LogP contribution in [0.1, 0.15) is 0 Å². The Bertz CT molecular complexity index is 147. The van der Waals surface area contributed by atoms with Gasteiger partial charge in [0, 0.05) is 24.1 Å². The molecule has 0 unspecified atom stereocenters. The van der Waals surface area contributed by atoms with Gasteiger partial charge in [0.25, 0.3) is 0 Å². The number of hydrogen-bond donors (Lipinski definition) is 2. The van der Waals surface area contributed by atoms with E-state index in [1.54, 1.807) is 11.9 Å². The van der Waals surface area contributed by atoms with Gasteiger partial charge in [0.05, 0.1) is 6.54 Å². The van der Waals surface area contributed by atoms with Crippen molar-refractivity contribution in [3.63, 3.8) is 0 Å². The summed E-state index contributed by atoms with van der Waals surface area (Å²) in [5.74, 6) is 0.0903. The average Bonchev–Trinajstić information content (AvgIpc) is 1.85. The molecule has 4 nitrogen and oxygen atoms in total. The predicted molar refractivity (Wildman–Crippen MR) is 28.5 cm³/mol. The number of nitrogens with one attached hydrogen (secondary N) is 2. The van der Waals surface area contributed by atoms with Gasteiger partial charge in [0.1, 0.15) is 0 Å². The summed E-state index contributed by atoms with van der Waals surface area (Å²) in [4.78, 5) is 11.9. The van der Waals surface area contributed by atoms with E-state index in [-0.39, 0.29) is 28.9 Å². The molecule has 1 saturated heterocycles. The first kappa shape index (κ1) is 8.46. The fourth-order valence-corrected chi connectivity index (χ4v) is 0.561. The summed E-state index contributed by atoms with van der Waals surface area (Å²) in [6, 6.07) is 0. The van der Waals surface area contributed by atoms with Gasteiger partial charge in [-0.25, -0.2) is 0 Å². The summed E-state index contributed by atoms with van der Waals surface area (Å²) in [5.41, 5.74) is 0. The van der Waals surface area contributed by atoms with Crippen molar-refractivity contribution in [2.45, 2.75) is 0 Å². The molecule has 0 aliphatic carbocycles. The summed E-state index contributed by atoms with van der Waals surface area (Å²) in [6.07, 6.45) is 0. The second-order valence-electron chi connectivity index (χ2n) is 1.75. The molecule has 0 bridgehead atoms. The molecular weight excluding hydrogens is 170 g/mol. The largest absolute Gasteiger partial charge is 0.337 e. The van der Waals surface area contributed by atoms with E-state index in [2.05, 4.69) is 5.32 Å². The molecule has 1 radical (unpaired) electrons. The average molecular weight is 177 g/mol. The van der Waals surface area contributed by atoms with Gasteiger partial charge in [-0.3, -0.25) is 15.5 Å². The molecule has 1 aliphatic rings. The van der Waals surface area contributed by atoms with E-state index in [1.807, 2.05) is 0 Å². The predicted octanol–water partition coefficient (Wildman–Crippen LogP) is -1.02. The zero-order valence-electron chi connectivity index (χ0n) is 4.86. The number of carbonyl (C=O) groups excluding carboxylic acids is 1. The smallest absolute Gasteiger partial charge is 0.246 e. The fraction of sp³-hybridized carbons (Fsp3) is 0.500. The van der Waals surface area contributed by atoms with Gasteiger partial charge in [-0.15, -0.1) is 0 Å². The maximum absolute atomic E-state index is 10.4. The van der Waals surface area contributed by atoms with Crippen molar-refractivity contribution < 1.29 is 21.9 Å². The molecule has 1 amide bonds. The van der Waals surface area contributed by atoms with Crippen LogP contribution in [-0.4, -0.2) is 30.4 Å². The quantitative estimate of drug-likeness (QED) is 0.465. The van der Waals surface area contributed by atoms with Crippen molar-refractivity contribution in [1.29, 1.82) is 5.41 Å². The van der Waals surface area contributed by atoms with Crippen LogP contribution in [-0.2, 0) is 21.9 Å². The molecule has 0 saturated carbocycles. The third-order valence-electron chi connectivity index (χ3n) is 1.02. The van der Waals surface area contributed by atoms with Crippen molar-refractivity contribution in [1.82, 2.24) is 10.2 Å². The second-order valence-corrected chi connectivity index (χ2v) is 1.75. The summed E-state index contributed by atoms with van der Waals surface area (Å²) in [6.45, 7) is 0.318. The maximum atomic E-state index is 10.4. The van der Waals surface area contributed by atoms with Crippen LogP contribution in [0.25, 0.3) is 0 Å². The van der Waals surface area contributed by atoms with Crippen LogP contribution in [0.3, 0.4) is 0 Å². The molecule has 1 rings (SSSR count). The van der Waals surface area contributed by atoms with Crippen LogP contribution in [0.4, 0.5) is 0 Å². The monoisotopic (exact) mass is 176 g/mol. The summed E-state index contributed by atoms with van der Waals surface area (Å²) in [5, 5.41) is 9.32. The minimum absolute atomic E-state index is 0. The number of amides is 1. The third kappa shape index (κ3) is 1.69. The van der Waals surface area contributed by atoms with Crippen molar-refractivity contribution in [3.05, 3.63) is 0 Å².